The Kier molecular flexibility index (Phi) is 6.46. The molecule has 2 aliphatic rings. The number of ether oxygens (including phenoxy) is 3. The van der Waals surface area contributed by atoms with Gasteiger partial charge in [-0.25, -0.2) is 9.79 Å². The maximum Gasteiger partial charge on any atom is 0.338 e. The largest absolute Gasteiger partial charge is 0.463 e. The Labute approximate surface area is 222 Å². The van der Waals surface area contributed by atoms with Crippen molar-refractivity contribution in [1.82, 2.24) is 4.57 Å². The number of nitrogens with zero attached hydrogens (tertiary/aromatic N) is 3. The molecule has 5 rings (SSSR count). The summed E-state index contributed by atoms with van der Waals surface area (Å²) < 4.78 is 18.6. The van der Waals surface area contributed by atoms with Crippen LogP contribution in [-0.4, -0.2) is 28.9 Å². The van der Waals surface area contributed by atoms with Crippen LogP contribution in [0.25, 0.3) is 6.08 Å². The second-order valence-corrected chi connectivity index (χ2v) is 10.2. The molecule has 10 nitrogen and oxygen atoms in total. The molecule has 37 heavy (non-hydrogen) atoms. The lowest BCUT2D eigenvalue weighted by Gasteiger charge is -2.24. The van der Waals surface area contributed by atoms with Gasteiger partial charge in [0.2, 0.25) is 6.79 Å². The van der Waals surface area contributed by atoms with E-state index in [0.717, 1.165) is 11.3 Å². The number of carbonyl (C=O) groups is 1. The number of nitro groups is 1. The Morgan fingerprint density at radius 1 is 1.30 bits per heavy atom. The van der Waals surface area contributed by atoms with Crippen molar-refractivity contribution in [2.75, 3.05) is 13.4 Å². The summed E-state index contributed by atoms with van der Waals surface area (Å²) in [4.78, 5) is 42.9. The standard InChI is InChI=1S/C25H20BrN3O7S/c1-4-34-24(31)21-13(3)27-25-28(22(21)14-6-5-12(2)17(7-14)29(32)33)23(30)20(37-25)9-15-8-18-19(10-16(15)26)36-11-35-18/h5-10,22H,4,11H2,1-3H3/b20-9+/t22-/m1/s1. The fourth-order valence-corrected chi connectivity index (χ4v) is 5.76. The number of carbonyl (C=O) groups excluding carboxylic acids is 1. The molecular formula is C25H20BrN3O7S. The summed E-state index contributed by atoms with van der Waals surface area (Å²) in [6, 6.07) is 7.26. The molecule has 0 spiro atoms. The Balaban J connectivity index is 1.74. The normalized spacial score (nSPS) is 16.4. The van der Waals surface area contributed by atoms with E-state index in [-0.39, 0.29) is 24.7 Å². The second kappa shape index (κ2) is 9.60. The Bertz CT molecular complexity index is 1690. The van der Waals surface area contributed by atoms with Crippen molar-refractivity contribution in [3.8, 4) is 11.5 Å². The number of esters is 1. The highest BCUT2D eigenvalue weighted by Gasteiger charge is 2.34. The van der Waals surface area contributed by atoms with Crippen LogP contribution in [0.15, 0.2) is 55.9 Å². The van der Waals surface area contributed by atoms with E-state index in [1.165, 1.54) is 10.6 Å². The van der Waals surface area contributed by atoms with Crippen molar-refractivity contribution in [2.24, 2.45) is 4.99 Å². The van der Waals surface area contributed by atoms with E-state index in [4.69, 9.17) is 14.2 Å². The van der Waals surface area contributed by atoms with Gasteiger partial charge in [-0.3, -0.25) is 19.5 Å². The minimum absolute atomic E-state index is 0.109. The number of allylic oxidation sites excluding steroid dienone is 1. The lowest BCUT2D eigenvalue weighted by Crippen LogP contribution is -2.40. The third kappa shape index (κ3) is 4.36. The number of fused-ring (bicyclic) bond motifs is 2. The molecule has 1 aromatic heterocycles. The highest BCUT2D eigenvalue weighted by molar-refractivity contribution is 9.10. The smallest absolute Gasteiger partial charge is 0.338 e. The maximum absolute atomic E-state index is 13.8. The van der Waals surface area contributed by atoms with Crippen LogP contribution in [0, 0.1) is 17.0 Å². The topological polar surface area (TPSA) is 122 Å². The molecule has 190 valence electrons. The van der Waals surface area contributed by atoms with Crippen LogP contribution in [0.2, 0.25) is 0 Å². The quantitative estimate of drug-likeness (QED) is 0.255. The summed E-state index contributed by atoms with van der Waals surface area (Å²) in [5.74, 6) is 0.526. The van der Waals surface area contributed by atoms with Gasteiger partial charge in [-0.1, -0.05) is 39.4 Å². The van der Waals surface area contributed by atoms with Crippen molar-refractivity contribution in [1.29, 1.82) is 0 Å². The number of hydrogen-bond donors (Lipinski definition) is 0. The number of nitro benzene ring substituents is 1. The molecule has 3 heterocycles. The first-order chi connectivity index (χ1) is 17.7. The maximum atomic E-state index is 13.8. The Morgan fingerprint density at radius 3 is 2.73 bits per heavy atom. The van der Waals surface area contributed by atoms with Gasteiger partial charge in [0.25, 0.3) is 11.2 Å². The molecule has 0 saturated carbocycles. The second-order valence-electron chi connectivity index (χ2n) is 8.33. The average molecular weight is 586 g/mol. The van der Waals surface area contributed by atoms with Crippen molar-refractivity contribution < 1.29 is 23.9 Å². The van der Waals surface area contributed by atoms with Crippen LogP contribution < -0.4 is 24.4 Å². The minimum Gasteiger partial charge on any atom is -0.463 e. The first kappa shape index (κ1) is 24.9. The molecule has 2 aliphatic heterocycles. The van der Waals surface area contributed by atoms with Crippen LogP contribution in [0.4, 0.5) is 5.69 Å². The molecule has 0 radical (unpaired) electrons. The summed E-state index contributed by atoms with van der Waals surface area (Å²) >= 11 is 4.67. The zero-order chi connectivity index (χ0) is 26.4. The van der Waals surface area contributed by atoms with E-state index < -0.39 is 22.5 Å². The van der Waals surface area contributed by atoms with Crippen molar-refractivity contribution in [2.45, 2.75) is 26.8 Å². The van der Waals surface area contributed by atoms with Gasteiger partial charge in [0.1, 0.15) is 0 Å². The molecule has 1 atom stereocenters. The molecular weight excluding hydrogens is 566 g/mol. The number of aromatic nitrogens is 1. The first-order valence-electron chi connectivity index (χ1n) is 11.2. The Hall–Kier alpha value is -3.77. The van der Waals surface area contributed by atoms with Crippen LogP contribution in [0.1, 0.15) is 36.6 Å². The van der Waals surface area contributed by atoms with Gasteiger partial charge in [-0.2, -0.15) is 0 Å². The molecule has 0 N–H and O–H groups in total. The van der Waals surface area contributed by atoms with Gasteiger partial charge >= 0.3 is 5.97 Å². The van der Waals surface area contributed by atoms with Crippen LogP contribution in [0.5, 0.6) is 11.5 Å². The minimum atomic E-state index is -0.947. The van der Waals surface area contributed by atoms with E-state index in [0.29, 0.717) is 47.7 Å². The van der Waals surface area contributed by atoms with Gasteiger partial charge in [0.15, 0.2) is 16.3 Å². The molecule has 0 bridgehead atoms. The van der Waals surface area contributed by atoms with Gasteiger partial charge < -0.3 is 14.2 Å². The highest BCUT2D eigenvalue weighted by Crippen LogP contribution is 2.37. The number of hydrogen-bond acceptors (Lipinski definition) is 9. The highest BCUT2D eigenvalue weighted by atomic mass is 79.9. The van der Waals surface area contributed by atoms with E-state index in [1.54, 1.807) is 51.1 Å². The van der Waals surface area contributed by atoms with E-state index in [9.17, 15) is 19.7 Å². The summed E-state index contributed by atoms with van der Waals surface area (Å²) in [6.07, 6.45) is 1.70. The van der Waals surface area contributed by atoms with Crippen molar-refractivity contribution in [3.05, 3.63) is 92.6 Å². The summed E-state index contributed by atoms with van der Waals surface area (Å²) in [5, 5.41) is 11.7. The van der Waals surface area contributed by atoms with Crippen molar-refractivity contribution in [3.63, 3.8) is 0 Å². The summed E-state index contributed by atoms with van der Waals surface area (Å²) in [6.45, 7) is 5.21. The number of benzene rings is 2. The number of thiazole rings is 1. The lowest BCUT2D eigenvalue weighted by molar-refractivity contribution is -0.385. The molecule has 0 unspecified atom stereocenters. The van der Waals surface area contributed by atoms with Crippen LogP contribution >= 0.6 is 27.3 Å². The Morgan fingerprint density at radius 2 is 2.03 bits per heavy atom. The lowest BCUT2D eigenvalue weighted by atomic mass is 9.94. The predicted octanol–water partition coefficient (Wildman–Crippen LogP) is 3.51. The van der Waals surface area contributed by atoms with Gasteiger partial charge in [-0.05, 0) is 50.1 Å². The first-order valence-corrected chi connectivity index (χ1v) is 12.8. The molecule has 2 aromatic carbocycles. The molecule has 0 fully saturated rings. The van der Waals surface area contributed by atoms with E-state index in [1.807, 2.05) is 0 Å². The monoisotopic (exact) mass is 585 g/mol. The third-order valence-electron chi connectivity index (χ3n) is 6.04. The van der Waals surface area contributed by atoms with E-state index in [2.05, 4.69) is 20.9 Å². The molecule has 12 heteroatoms. The predicted molar refractivity (Wildman–Crippen MR) is 138 cm³/mol. The van der Waals surface area contributed by atoms with Crippen LogP contribution in [0.3, 0.4) is 0 Å². The SMILES string of the molecule is CCOC(=O)C1=C(C)N=c2s/c(=C/c3cc4c(cc3Br)OCO4)c(=O)n2[C@@H]1c1ccc(C)c([N+](=O)[O-])c1. The zero-order valence-corrected chi connectivity index (χ0v) is 22.3. The summed E-state index contributed by atoms with van der Waals surface area (Å²) in [5.41, 5.74) is 1.60. The molecule has 0 saturated heterocycles. The fraction of sp³-hybridized carbons (Fsp3) is 0.240. The van der Waals surface area contributed by atoms with E-state index >= 15 is 0 Å². The average Bonchev–Trinajstić information content (AvgIpc) is 3.42. The van der Waals surface area contributed by atoms with Gasteiger partial charge in [-0.15, -0.1) is 0 Å². The van der Waals surface area contributed by atoms with Gasteiger partial charge in [0, 0.05) is 16.1 Å². The summed E-state index contributed by atoms with van der Waals surface area (Å²) in [7, 11) is 0. The third-order valence-corrected chi connectivity index (χ3v) is 7.71. The fourth-order valence-electron chi connectivity index (χ4n) is 4.28. The number of rotatable bonds is 5. The van der Waals surface area contributed by atoms with Crippen molar-refractivity contribution >= 4 is 45.0 Å². The molecule has 0 aliphatic carbocycles. The van der Waals surface area contributed by atoms with Crippen LogP contribution in [-0.2, 0) is 9.53 Å². The van der Waals surface area contributed by atoms with Gasteiger partial charge in [0.05, 0.1) is 33.4 Å². The number of aryl methyl sites for hydroxylation is 1. The zero-order valence-electron chi connectivity index (χ0n) is 19.9. The number of halogens is 1. The molecule has 3 aromatic rings. The molecule has 0 amide bonds.